The Hall–Kier alpha value is -2.09. The molecule has 0 bridgehead atoms. The Kier molecular flexibility index (Phi) is 7.62. The lowest BCUT2D eigenvalue weighted by Gasteiger charge is -2.33. The molecule has 1 amide bonds. The van der Waals surface area contributed by atoms with Gasteiger partial charge in [0.25, 0.3) is 0 Å². The Morgan fingerprint density at radius 3 is 2.35 bits per heavy atom. The summed E-state index contributed by atoms with van der Waals surface area (Å²) in [5.74, 6) is 0.0451. The molecule has 1 N–H and O–H groups in total. The summed E-state index contributed by atoms with van der Waals surface area (Å²) in [6.45, 7) is 3.58. The van der Waals surface area contributed by atoms with Gasteiger partial charge in [-0.3, -0.25) is 4.79 Å². The first kappa shape index (κ1) is 23.6. The lowest BCUT2D eigenvalue weighted by atomic mass is 9.95. The van der Waals surface area contributed by atoms with Crippen LogP contribution in [-0.4, -0.2) is 38.3 Å². The number of anilines is 1. The van der Waals surface area contributed by atoms with Crippen LogP contribution in [0.4, 0.5) is 5.69 Å². The third kappa shape index (κ3) is 5.40. The maximum Gasteiger partial charge on any atom is 0.243 e. The molecule has 0 unspecified atom stereocenters. The fraction of sp³-hybridized carbons (Fsp3) is 0.435. The van der Waals surface area contributed by atoms with E-state index >= 15 is 0 Å². The Bertz CT molecular complexity index is 1030. The van der Waals surface area contributed by atoms with E-state index in [0.717, 1.165) is 48.9 Å². The fourth-order valence-electron chi connectivity index (χ4n) is 4.05. The molecule has 0 atom stereocenters. The number of rotatable bonds is 7. The highest BCUT2D eigenvalue weighted by molar-refractivity contribution is 7.89. The van der Waals surface area contributed by atoms with Gasteiger partial charge in [-0.05, 0) is 56.0 Å². The number of carbonyl (C=O) groups is 1. The molecule has 8 heteroatoms. The van der Waals surface area contributed by atoms with Gasteiger partial charge in [-0.25, -0.2) is 8.42 Å². The van der Waals surface area contributed by atoms with Crippen LogP contribution in [0.15, 0.2) is 41.3 Å². The SMILES string of the molecule is COc1ccc(S(=O)(=O)N(CC(=O)Nc2c(C)cccc2C)C2CCCCC2)cc1Cl. The van der Waals surface area contributed by atoms with Gasteiger partial charge in [-0.1, -0.05) is 49.1 Å². The van der Waals surface area contributed by atoms with Crippen molar-refractivity contribution in [1.82, 2.24) is 4.31 Å². The van der Waals surface area contributed by atoms with Gasteiger partial charge in [0, 0.05) is 11.7 Å². The zero-order valence-corrected chi connectivity index (χ0v) is 19.7. The summed E-state index contributed by atoms with van der Waals surface area (Å²) >= 11 is 6.19. The van der Waals surface area contributed by atoms with Crippen LogP contribution in [0, 0.1) is 13.8 Å². The second kappa shape index (κ2) is 10.0. The van der Waals surface area contributed by atoms with Crippen molar-refractivity contribution >= 4 is 33.2 Å². The first-order valence-electron chi connectivity index (χ1n) is 10.5. The molecule has 0 aromatic heterocycles. The van der Waals surface area contributed by atoms with E-state index < -0.39 is 10.0 Å². The van der Waals surface area contributed by atoms with Crippen LogP contribution >= 0.6 is 11.6 Å². The molecule has 6 nitrogen and oxygen atoms in total. The first-order valence-corrected chi connectivity index (χ1v) is 12.3. The number of halogens is 1. The molecule has 0 aliphatic heterocycles. The van der Waals surface area contributed by atoms with E-state index in [1.807, 2.05) is 32.0 Å². The van der Waals surface area contributed by atoms with E-state index in [9.17, 15) is 13.2 Å². The van der Waals surface area contributed by atoms with Gasteiger partial charge in [0.15, 0.2) is 0 Å². The van der Waals surface area contributed by atoms with Crippen molar-refractivity contribution in [3.63, 3.8) is 0 Å². The summed E-state index contributed by atoms with van der Waals surface area (Å²) in [5.41, 5.74) is 2.59. The summed E-state index contributed by atoms with van der Waals surface area (Å²) in [5, 5.41) is 3.13. The summed E-state index contributed by atoms with van der Waals surface area (Å²) in [7, 11) is -2.45. The van der Waals surface area contributed by atoms with Crippen LogP contribution in [0.3, 0.4) is 0 Å². The third-order valence-electron chi connectivity index (χ3n) is 5.76. The Morgan fingerprint density at radius 2 is 1.77 bits per heavy atom. The predicted octanol–water partition coefficient (Wildman–Crippen LogP) is 4.93. The van der Waals surface area contributed by atoms with Crippen molar-refractivity contribution in [3.8, 4) is 5.75 Å². The Morgan fingerprint density at radius 1 is 1.13 bits per heavy atom. The number of methoxy groups -OCH3 is 1. The number of carbonyl (C=O) groups excluding carboxylic acids is 1. The molecule has 31 heavy (non-hydrogen) atoms. The number of hydrogen-bond acceptors (Lipinski definition) is 4. The summed E-state index contributed by atoms with van der Waals surface area (Å²) < 4.78 is 33.6. The van der Waals surface area contributed by atoms with Gasteiger partial charge in [-0.15, -0.1) is 0 Å². The number of ether oxygens (including phenoxy) is 1. The molecule has 1 fully saturated rings. The highest BCUT2D eigenvalue weighted by atomic mass is 35.5. The van der Waals surface area contributed by atoms with E-state index in [1.165, 1.54) is 29.6 Å². The smallest absolute Gasteiger partial charge is 0.243 e. The second-order valence-corrected chi connectivity index (χ2v) is 10.3. The minimum absolute atomic E-state index is 0.0590. The van der Waals surface area contributed by atoms with E-state index in [1.54, 1.807) is 0 Å². The summed E-state index contributed by atoms with van der Waals surface area (Å²) in [6, 6.07) is 9.92. The maximum absolute atomic E-state index is 13.6. The minimum Gasteiger partial charge on any atom is -0.495 e. The Labute approximate surface area is 189 Å². The molecule has 0 saturated heterocycles. The highest BCUT2D eigenvalue weighted by Crippen LogP contribution is 2.32. The third-order valence-corrected chi connectivity index (χ3v) is 7.95. The topological polar surface area (TPSA) is 75.7 Å². The monoisotopic (exact) mass is 464 g/mol. The molecular formula is C23H29ClN2O4S. The molecular weight excluding hydrogens is 436 g/mol. The molecule has 2 aromatic rings. The van der Waals surface area contributed by atoms with Crippen molar-refractivity contribution in [2.24, 2.45) is 0 Å². The van der Waals surface area contributed by atoms with E-state index in [2.05, 4.69) is 5.32 Å². The lowest BCUT2D eigenvalue weighted by Crippen LogP contribution is -2.45. The van der Waals surface area contributed by atoms with E-state index in [-0.39, 0.29) is 28.4 Å². The van der Waals surface area contributed by atoms with Crippen LogP contribution < -0.4 is 10.1 Å². The molecule has 0 radical (unpaired) electrons. The molecule has 1 aliphatic carbocycles. The van der Waals surface area contributed by atoms with Crippen molar-refractivity contribution in [2.75, 3.05) is 19.0 Å². The number of sulfonamides is 1. The number of amides is 1. The van der Waals surface area contributed by atoms with Crippen molar-refractivity contribution in [1.29, 1.82) is 0 Å². The average Bonchev–Trinajstić information content (AvgIpc) is 2.75. The molecule has 168 valence electrons. The summed E-state index contributed by atoms with van der Waals surface area (Å²) in [4.78, 5) is 13.0. The largest absolute Gasteiger partial charge is 0.495 e. The number of para-hydroxylation sites is 1. The lowest BCUT2D eigenvalue weighted by molar-refractivity contribution is -0.116. The van der Waals surface area contributed by atoms with Crippen molar-refractivity contribution in [2.45, 2.75) is 56.9 Å². The normalized spacial score (nSPS) is 15.1. The number of nitrogens with zero attached hydrogens (tertiary/aromatic N) is 1. The van der Waals surface area contributed by atoms with Gasteiger partial charge in [-0.2, -0.15) is 4.31 Å². The Balaban J connectivity index is 1.90. The van der Waals surface area contributed by atoms with Crippen LogP contribution in [0.1, 0.15) is 43.2 Å². The minimum atomic E-state index is -3.92. The quantitative estimate of drug-likeness (QED) is 0.630. The van der Waals surface area contributed by atoms with Crippen LogP contribution in [0.25, 0.3) is 0 Å². The average molecular weight is 465 g/mol. The predicted molar refractivity (Wildman–Crippen MR) is 123 cm³/mol. The van der Waals surface area contributed by atoms with Gasteiger partial charge >= 0.3 is 0 Å². The first-order chi connectivity index (χ1) is 14.7. The molecule has 3 rings (SSSR count). The number of hydrogen-bond donors (Lipinski definition) is 1. The fourth-order valence-corrected chi connectivity index (χ4v) is 6.04. The molecule has 0 heterocycles. The van der Waals surface area contributed by atoms with Gasteiger partial charge in [0.2, 0.25) is 15.9 Å². The van der Waals surface area contributed by atoms with Gasteiger partial charge in [0.1, 0.15) is 5.75 Å². The standard InChI is InChI=1S/C23H29ClN2O4S/c1-16-8-7-9-17(2)23(16)25-22(27)15-26(18-10-5-4-6-11-18)31(28,29)19-12-13-21(30-3)20(24)14-19/h7-9,12-14,18H,4-6,10-11,15H2,1-3H3,(H,25,27). The molecule has 1 aliphatic rings. The van der Waals surface area contributed by atoms with Crippen LogP contribution in [0.2, 0.25) is 5.02 Å². The van der Waals surface area contributed by atoms with Crippen LogP contribution in [0.5, 0.6) is 5.75 Å². The number of benzene rings is 2. The second-order valence-electron chi connectivity index (χ2n) is 7.95. The van der Waals surface area contributed by atoms with Crippen molar-refractivity contribution < 1.29 is 17.9 Å². The van der Waals surface area contributed by atoms with E-state index in [0.29, 0.717) is 5.75 Å². The number of nitrogens with one attached hydrogen (secondary N) is 1. The van der Waals surface area contributed by atoms with Gasteiger partial charge < -0.3 is 10.1 Å². The van der Waals surface area contributed by atoms with E-state index in [4.69, 9.17) is 16.3 Å². The molecule has 2 aromatic carbocycles. The summed E-state index contributed by atoms with van der Waals surface area (Å²) in [6.07, 6.45) is 4.43. The maximum atomic E-state index is 13.6. The van der Waals surface area contributed by atoms with Crippen LogP contribution in [-0.2, 0) is 14.8 Å². The number of aryl methyl sites for hydroxylation is 2. The molecule has 0 spiro atoms. The highest BCUT2D eigenvalue weighted by Gasteiger charge is 2.34. The van der Waals surface area contributed by atoms with Gasteiger partial charge in [0.05, 0.1) is 23.6 Å². The zero-order valence-electron chi connectivity index (χ0n) is 18.2. The zero-order chi connectivity index (χ0) is 22.6. The van der Waals surface area contributed by atoms with Crippen molar-refractivity contribution in [3.05, 3.63) is 52.5 Å². The molecule has 1 saturated carbocycles.